The normalized spacial score (nSPS) is 12.2. The summed E-state index contributed by atoms with van der Waals surface area (Å²) in [5.74, 6) is -4.53. The van der Waals surface area contributed by atoms with Gasteiger partial charge in [-0.3, -0.25) is 24.0 Å². The molecular weight excluding hydrogens is 454 g/mol. The van der Waals surface area contributed by atoms with Crippen LogP contribution in [0.15, 0.2) is 54.6 Å². The largest absolute Gasteiger partial charge is 0.481 e. The maximum atomic E-state index is 12.6. The number of nitrogens with two attached hydrogens (primary N) is 1. The van der Waals surface area contributed by atoms with E-state index in [1.54, 1.807) is 0 Å². The predicted octanol–water partition coefficient (Wildman–Crippen LogP) is 1.47. The minimum absolute atomic E-state index is 0.0554. The molecule has 0 bridgehead atoms. The van der Waals surface area contributed by atoms with Gasteiger partial charge in [0, 0.05) is 19.3 Å². The maximum Gasteiger partial charge on any atom is 0.303 e. The van der Waals surface area contributed by atoms with E-state index in [2.05, 4.69) is 10.6 Å². The van der Waals surface area contributed by atoms with Gasteiger partial charge in [0.05, 0.1) is 0 Å². The third kappa shape index (κ3) is 9.66. The molecule has 0 saturated carbocycles. The molecule has 186 valence electrons. The fourth-order valence-corrected chi connectivity index (χ4v) is 3.38. The minimum Gasteiger partial charge on any atom is -0.481 e. The highest BCUT2D eigenvalue weighted by Crippen LogP contribution is 2.19. The van der Waals surface area contributed by atoms with Gasteiger partial charge in [-0.15, -0.1) is 0 Å². The van der Waals surface area contributed by atoms with E-state index in [9.17, 15) is 24.0 Å². The van der Waals surface area contributed by atoms with E-state index in [0.29, 0.717) is 6.42 Å². The molecule has 0 fully saturated rings. The summed E-state index contributed by atoms with van der Waals surface area (Å²) < 4.78 is 0. The fraction of sp³-hybridized carbons (Fsp3) is 0.320. The van der Waals surface area contributed by atoms with Crippen molar-refractivity contribution >= 4 is 29.7 Å². The number of amides is 3. The van der Waals surface area contributed by atoms with Gasteiger partial charge in [0.25, 0.3) is 0 Å². The van der Waals surface area contributed by atoms with Crippen LogP contribution in [0.1, 0.15) is 37.7 Å². The maximum absolute atomic E-state index is 12.6. The topological polar surface area (TPSA) is 176 Å². The molecule has 2 rings (SSSR count). The first-order valence-corrected chi connectivity index (χ1v) is 11.1. The van der Waals surface area contributed by atoms with Crippen LogP contribution in [0.2, 0.25) is 0 Å². The number of carboxylic acids is 2. The first-order valence-electron chi connectivity index (χ1n) is 11.1. The van der Waals surface area contributed by atoms with Gasteiger partial charge in [-0.05, 0) is 36.0 Å². The van der Waals surface area contributed by atoms with Crippen LogP contribution in [-0.2, 0) is 30.4 Å². The zero-order chi connectivity index (χ0) is 25.8. The van der Waals surface area contributed by atoms with Gasteiger partial charge in [0.1, 0.15) is 12.1 Å². The highest BCUT2D eigenvalue weighted by atomic mass is 16.4. The van der Waals surface area contributed by atoms with Gasteiger partial charge in [-0.2, -0.15) is 0 Å². The molecule has 0 unspecified atom stereocenters. The van der Waals surface area contributed by atoms with Crippen LogP contribution in [0, 0.1) is 0 Å². The lowest BCUT2D eigenvalue weighted by atomic mass is 10.0. The van der Waals surface area contributed by atoms with Crippen LogP contribution in [0.25, 0.3) is 11.1 Å². The van der Waals surface area contributed by atoms with Gasteiger partial charge in [0.2, 0.25) is 17.7 Å². The molecule has 0 aliphatic rings. The van der Waals surface area contributed by atoms with Crippen molar-refractivity contribution in [1.82, 2.24) is 10.6 Å². The van der Waals surface area contributed by atoms with Crippen molar-refractivity contribution in [2.24, 2.45) is 5.73 Å². The van der Waals surface area contributed by atoms with E-state index in [4.69, 9.17) is 15.9 Å². The van der Waals surface area contributed by atoms with Gasteiger partial charge in [0.15, 0.2) is 0 Å². The third-order valence-electron chi connectivity index (χ3n) is 5.31. The Bertz CT molecular complexity index is 1040. The Hall–Kier alpha value is -4.21. The second kappa shape index (κ2) is 13.5. The van der Waals surface area contributed by atoms with Crippen molar-refractivity contribution in [2.75, 3.05) is 0 Å². The lowest BCUT2D eigenvalue weighted by molar-refractivity contribution is -0.139. The van der Waals surface area contributed by atoms with Crippen LogP contribution >= 0.6 is 0 Å². The number of nitrogens with one attached hydrogen (secondary N) is 2. The van der Waals surface area contributed by atoms with E-state index in [1.165, 1.54) is 0 Å². The highest BCUT2D eigenvalue weighted by molar-refractivity contribution is 5.92. The zero-order valence-electron chi connectivity index (χ0n) is 19.1. The number of benzene rings is 2. The van der Waals surface area contributed by atoms with Crippen LogP contribution in [0.3, 0.4) is 0 Å². The summed E-state index contributed by atoms with van der Waals surface area (Å²) in [6.07, 6.45) is -0.770. The number of rotatable bonds is 14. The second-order valence-corrected chi connectivity index (χ2v) is 8.01. The average Bonchev–Trinajstić information content (AvgIpc) is 2.83. The highest BCUT2D eigenvalue weighted by Gasteiger charge is 2.26. The van der Waals surface area contributed by atoms with Crippen LogP contribution in [0.4, 0.5) is 0 Å². The number of primary amides is 1. The first kappa shape index (κ1) is 27.0. The molecule has 3 amide bonds. The van der Waals surface area contributed by atoms with E-state index in [-0.39, 0.29) is 19.3 Å². The van der Waals surface area contributed by atoms with Crippen molar-refractivity contribution in [3.05, 3.63) is 60.2 Å². The summed E-state index contributed by atoms with van der Waals surface area (Å²) in [5.41, 5.74) is 8.25. The first-order chi connectivity index (χ1) is 16.7. The molecule has 2 atom stereocenters. The molecule has 0 aliphatic carbocycles. The van der Waals surface area contributed by atoms with Gasteiger partial charge < -0.3 is 26.6 Å². The van der Waals surface area contributed by atoms with Crippen molar-refractivity contribution in [3.63, 3.8) is 0 Å². The molecule has 0 radical (unpaired) electrons. The Kier molecular flexibility index (Phi) is 10.4. The second-order valence-electron chi connectivity index (χ2n) is 8.01. The number of hydrogen-bond donors (Lipinski definition) is 5. The van der Waals surface area contributed by atoms with E-state index in [0.717, 1.165) is 16.7 Å². The third-order valence-corrected chi connectivity index (χ3v) is 5.31. The summed E-state index contributed by atoms with van der Waals surface area (Å²) >= 11 is 0. The Balaban J connectivity index is 1.96. The molecular formula is C25H29N3O7. The average molecular weight is 484 g/mol. The van der Waals surface area contributed by atoms with Crippen LogP contribution < -0.4 is 16.4 Å². The Morgan fingerprint density at radius 2 is 1.26 bits per heavy atom. The summed E-state index contributed by atoms with van der Waals surface area (Å²) in [6.45, 7) is 0. The smallest absolute Gasteiger partial charge is 0.303 e. The van der Waals surface area contributed by atoms with Gasteiger partial charge >= 0.3 is 11.9 Å². The Labute approximate surface area is 202 Å². The van der Waals surface area contributed by atoms with E-state index >= 15 is 0 Å². The molecule has 0 heterocycles. The molecule has 0 spiro atoms. The Morgan fingerprint density at radius 3 is 1.80 bits per heavy atom. The molecule has 0 aromatic heterocycles. The SMILES string of the molecule is NC(=O)[C@H](CCC(=O)O)NC(=O)[C@H](CCC(=O)O)NC(=O)CCc1ccc(-c2ccccc2)cc1. The molecule has 0 saturated heterocycles. The summed E-state index contributed by atoms with van der Waals surface area (Å²) in [4.78, 5) is 58.4. The van der Waals surface area contributed by atoms with Crippen LogP contribution in [-0.4, -0.2) is 52.0 Å². The molecule has 0 aliphatic heterocycles. The number of carbonyl (C=O) groups excluding carboxylic acids is 3. The van der Waals surface area contributed by atoms with Crippen molar-refractivity contribution in [3.8, 4) is 11.1 Å². The number of hydrogen-bond acceptors (Lipinski definition) is 5. The standard InChI is InChI=1S/C25H29N3O7/c26-24(34)19(11-14-22(30)31)28-25(35)20(12-15-23(32)33)27-21(29)13-8-16-6-9-18(10-7-16)17-4-2-1-3-5-17/h1-7,9-10,19-20H,8,11-15H2,(H2,26,34)(H,27,29)(H,28,35)(H,30,31)(H,32,33)/t19-,20-/m0/s1. The molecule has 10 heteroatoms. The van der Waals surface area contributed by atoms with Crippen molar-refractivity contribution in [2.45, 2.75) is 50.6 Å². The predicted molar refractivity (Wildman–Crippen MR) is 127 cm³/mol. The minimum atomic E-state index is -1.26. The Morgan fingerprint density at radius 1 is 0.714 bits per heavy atom. The zero-order valence-corrected chi connectivity index (χ0v) is 19.1. The quantitative estimate of drug-likeness (QED) is 0.270. The number of aliphatic carboxylic acids is 2. The number of carboxylic acid groups (broad SMARTS) is 2. The monoisotopic (exact) mass is 483 g/mol. The number of aryl methyl sites for hydroxylation is 1. The fourth-order valence-electron chi connectivity index (χ4n) is 3.38. The van der Waals surface area contributed by atoms with Gasteiger partial charge in [-0.1, -0.05) is 54.6 Å². The summed E-state index contributed by atoms with van der Waals surface area (Å²) in [7, 11) is 0. The summed E-state index contributed by atoms with van der Waals surface area (Å²) in [5, 5.41) is 22.6. The van der Waals surface area contributed by atoms with E-state index < -0.39 is 54.6 Å². The molecule has 2 aromatic carbocycles. The lowest BCUT2D eigenvalue weighted by Gasteiger charge is -2.21. The molecule has 6 N–H and O–H groups in total. The lowest BCUT2D eigenvalue weighted by Crippen LogP contribution is -2.53. The molecule has 10 nitrogen and oxygen atoms in total. The molecule has 35 heavy (non-hydrogen) atoms. The summed E-state index contributed by atoms with van der Waals surface area (Å²) in [6, 6.07) is 15.1. The van der Waals surface area contributed by atoms with Crippen molar-refractivity contribution < 1.29 is 34.2 Å². The van der Waals surface area contributed by atoms with Crippen molar-refractivity contribution in [1.29, 1.82) is 0 Å². The number of carbonyl (C=O) groups is 5. The molecule has 2 aromatic rings. The van der Waals surface area contributed by atoms with Gasteiger partial charge in [-0.25, -0.2) is 0 Å². The van der Waals surface area contributed by atoms with Crippen LogP contribution in [0.5, 0.6) is 0 Å². The van der Waals surface area contributed by atoms with E-state index in [1.807, 2.05) is 54.6 Å².